The number of sulfone groups is 1. The van der Waals surface area contributed by atoms with Crippen LogP contribution in [0.5, 0.6) is 0 Å². The van der Waals surface area contributed by atoms with E-state index >= 15 is 0 Å². The van der Waals surface area contributed by atoms with Gasteiger partial charge in [-0.25, -0.2) is 8.42 Å². The number of morpholine rings is 1. The van der Waals surface area contributed by atoms with Gasteiger partial charge in [0.2, 0.25) is 5.91 Å². The zero-order valence-corrected chi connectivity index (χ0v) is 17.7. The van der Waals surface area contributed by atoms with Crippen LogP contribution in [0.3, 0.4) is 0 Å². The van der Waals surface area contributed by atoms with Gasteiger partial charge in [-0.2, -0.15) is 4.99 Å². The molecular weight excluding hydrogens is 418 g/mol. The Labute approximate surface area is 172 Å². The molecule has 1 saturated heterocycles. The average molecular weight is 442 g/mol. The minimum Gasteiger partial charge on any atom is -0.383 e. The SMILES string of the molecule is COCCn1c(=NC(=O)CS(=O)(=O)CC(=O)N2CCOCC2)sc2ccccc21. The van der Waals surface area contributed by atoms with Gasteiger partial charge in [0.25, 0.3) is 5.91 Å². The molecule has 158 valence electrons. The molecule has 11 heteroatoms. The zero-order valence-electron chi connectivity index (χ0n) is 16.1. The summed E-state index contributed by atoms with van der Waals surface area (Å²) in [5.41, 5.74) is 0.895. The molecule has 0 spiro atoms. The summed E-state index contributed by atoms with van der Waals surface area (Å²) in [5, 5.41) is 0. The van der Waals surface area contributed by atoms with Crippen LogP contribution in [0, 0.1) is 0 Å². The molecule has 2 amide bonds. The Hall–Kier alpha value is -2.08. The van der Waals surface area contributed by atoms with Crippen molar-refractivity contribution in [1.29, 1.82) is 0 Å². The van der Waals surface area contributed by atoms with Crippen LogP contribution in [-0.4, -0.2) is 81.2 Å². The number of nitrogens with zero attached hydrogens (tertiary/aromatic N) is 3. The quantitative estimate of drug-likeness (QED) is 0.601. The van der Waals surface area contributed by atoms with E-state index in [4.69, 9.17) is 9.47 Å². The molecule has 0 N–H and O–H groups in total. The summed E-state index contributed by atoms with van der Waals surface area (Å²) in [6.07, 6.45) is 0. The smallest absolute Gasteiger partial charge is 0.263 e. The first-order valence-corrected chi connectivity index (χ1v) is 11.7. The van der Waals surface area contributed by atoms with Crippen molar-refractivity contribution in [2.24, 2.45) is 4.99 Å². The van der Waals surface area contributed by atoms with E-state index < -0.39 is 33.2 Å². The number of para-hydroxylation sites is 1. The van der Waals surface area contributed by atoms with Gasteiger partial charge in [0.05, 0.1) is 30.0 Å². The molecule has 1 aromatic carbocycles. The van der Waals surface area contributed by atoms with Crippen molar-refractivity contribution >= 4 is 43.2 Å². The Morgan fingerprint density at radius 2 is 1.93 bits per heavy atom. The van der Waals surface area contributed by atoms with Crippen molar-refractivity contribution < 1.29 is 27.5 Å². The number of fused-ring (bicyclic) bond motifs is 1. The maximum Gasteiger partial charge on any atom is 0.263 e. The Morgan fingerprint density at radius 3 is 2.66 bits per heavy atom. The maximum absolute atomic E-state index is 12.4. The van der Waals surface area contributed by atoms with E-state index in [1.807, 2.05) is 28.8 Å². The lowest BCUT2D eigenvalue weighted by molar-refractivity contribution is -0.132. The van der Waals surface area contributed by atoms with E-state index in [9.17, 15) is 18.0 Å². The van der Waals surface area contributed by atoms with Crippen molar-refractivity contribution in [2.75, 3.05) is 51.5 Å². The summed E-state index contributed by atoms with van der Waals surface area (Å²) in [4.78, 5) is 30.4. The number of rotatable bonds is 7. The summed E-state index contributed by atoms with van der Waals surface area (Å²) < 4.78 is 37.7. The molecule has 0 saturated carbocycles. The predicted octanol–water partition coefficient (Wildman–Crippen LogP) is 0.0501. The molecule has 1 aliphatic rings. The molecule has 0 radical (unpaired) electrons. The van der Waals surface area contributed by atoms with E-state index in [2.05, 4.69) is 4.99 Å². The van der Waals surface area contributed by atoms with Gasteiger partial charge in [0.1, 0.15) is 11.5 Å². The predicted molar refractivity (Wildman–Crippen MR) is 108 cm³/mol. The highest BCUT2D eigenvalue weighted by molar-refractivity contribution is 7.92. The molecule has 2 aromatic rings. The van der Waals surface area contributed by atoms with Gasteiger partial charge in [-0.15, -0.1) is 0 Å². The summed E-state index contributed by atoms with van der Waals surface area (Å²) in [6.45, 7) is 2.38. The molecule has 29 heavy (non-hydrogen) atoms. The Kier molecular flexibility index (Phi) is 7.17. The highest BCUT2D eigenvalue weighted by Crippen LogP contribution is 2.16. The molecule has 0 bridgehead atoms. The number of benzene rings is 1. The van der Waals surface area contributed by atoms with E-state index in [0.717, 1.165) is 10.2 Å². The van der Waals surface area contributed by atoms with Crippen LogP contribution in [0.1, 0.15) is 0 Å². The summed E-state index contributed by atoms with van der Waals surface area (Å²) in [5.74, 6) is -2.82. The Morgan fingerprint density at radius 1 is 1.21 bits per heavy atom. The number of thiazole rings is 1. The fourth-order valence-corrected chi connectivity index (χ4v) is 5.15. The largest absolute Gasteiger partial charge is 0.383 e. The topological polar surface area (TPSA) is 107 Å². The number of hydrogen-bond donors (Lipinski definition) is 0. The van der Waals surface area contributed by atoms with Crippen molar-refractivity contribution in [1.82, 2.24) is 9.47 Å². The molecule has 1 aliphatic heterocycles. The van der Waals surface area contributed by atoms with Crippen molar-refractivity contribution in [2.45, 2.75) is 6.54 Å². The molecule has 0 unspecified atom stereocenters. The monoisotopic (exact) mass is 441 g/mol. The van der Waals surface area contributed by atoms with Gasteiger partial charge in [-0.1, -0.05) is 23.5 Å². The van der Waals surface area contributed by atoms with Crippen LogP contribution in [0.25, 0.3) is 10.2 Å². The first kappa shape index (κ1) is 21.6. The van der Waals surface area contributed by atoms with Gasteiger partial charge in [-0.3, -0.25) is 9.59 Å². The lowest BCUT2D eigenvalue weighted by atomic mass is 10.3. The summed E-state index contributed by atoms with van der Waals surface area (Å²) >= 11 is 1.30. The highest BCUT2D eigenvalue weighted by atomic mass is 32.2. The third kappa shape index (κ3) is 5.72. The molecule has 9 nitrogen and oxygen atoms in total. The molecule has 1 aromatic heterocycles. The van der Waals surface area contributed by atoms with Gasteiger partial charge in [0, 0.05) is 26.7 Å². The fraction of sp³-hybridized carbons (Fsp3) is 0.500. The van der Waals surface area contributed by atoms with Crippen LogP contribution >= 0.6 is 11.3 Å². The number of hydrogen-bond acceptors (Lipinski definition) is 7. The number of carbonyl (C=O) groups excluding carboxylic acids is 2. The standard InChI is InChI=1S/C18H23N3O6S2/c1-26-9-8-21-14-4-2-3-5-15(14)28-18(21)19-16(22)12-29(24,25)13-17(23)20-6-10-27-11-7-20/h2-5H,6-13H2,1H3. The lowest BCUT2D eigenvalue weighted by Gasteiger charge is -2.26. The second-order valence-electron chi connectivity index (χ2n) is 6.53. The van der Waals surface area contributed by atoms with Crippen molar-refractivity contribution in [3.05, 3.63) is 29.1 Å². The van der Waals surface area contributed by atoms with Gasteiger partial charge >= 0.3 is 0 Å². The summed E-state index contributed by atoms with van der Waals surface area (Å²) in [7, 11) is -2.34. The van der Waals surface area contributed by atoms with E-state index in [1.165, 1.54) is 16.2 Å². The van der Waals surface area contributed by atoms with Gasteiger partial charge in [-0.05, 0) is 12.1 Å². The third-order valence-corrected chi connectivity index (χ3v) is 6.81. The lowest BCUT2D eigenvalue weighted by Crippen LogP contribution is -2.43. The number of amides is 2. The second kappa shape index (κ2) is 9.61. The molecule has 0 atom stereocenters. The average Bonchev–Trinajstić information content (AvgIpc) is 3.02. The molecule has 2 heterocycles. The number of carbonyl (C=O) groups is 2. The van der Waals surface area contributed by atoms with E-state index in [0.29, 0.717) is 44.3 Å². The van der Waals surface area contributed by atoms with Crippen LogP contribution in [0.15, 0.2) is 29.3 Å². The molecular formula is C18H23N3O6S2. The molecule has 0 aliphatic carbocycles. The van der Waals surface area contributed by atoms with Crippen LogP contribution in [0.4, 0.5) is 0 Å². The van der Waals surface area contributed by atoms with Crippen LogP contribution < -0.4 is 4.80 Å². The first-order valence-electron chi connectivity index (χ1n) is 9.10. The molecule has 1 fully saturated rings. The third-order valence-electron chi connectivity index (χ3n) is 4.38. The zero-order chi connectivity index (χ0) is 20.9. The van der Waals surface area contributed by atoms with E-state index in [-0.39, 0.29) is 0 Å². The van der Waals surface area contributed by atoms with Gasteiger partial charge < -0.3 is 18.9 Å². The number of aromatic nitrogens is 1. The van der Waals surface area contributed by atoms with E-state index in [1.54, 1.807) is 7.11 Å². The fourth-order valence-electron chi connectivity index (χ4n) is 2.98. The number of ether oxygens (including phenoxy) is 2. The Balaban J connectivity index is 1.76. The number of methoxy groups -OCH3 is 1. The van der Waals surface area contributed by atoms with Crippen LogP contribution in [-0.2, 0) is 35.4 Å². The second-order valence-corrected chi connectivity index (χ2v) is 9.60. The van der Waals surface area contributed by atoms with Crippen molar-refractivity contribution in [3.8, 4) is 0 Å². The highest BCUT2D eigenvalue weighted by Gasteiger charge is 2.25. The van der Waals surface area contributed by atoms with Crippen LogP contribution in [0.2, 0.25) is 0 Å². The minimum absolute atomic E-state index is 0.355. The first-order chi connectivity index (χ1) is 13.9. The summed E-state index contributed by atoms with van der Waals surface area (Å²) in [6, 6.07) is 7.58. The minimum atomic E-state index is -3.91. The normalized spacial score (nSPS) is 15.8. The Bertz CT molecular complexity index is 1050. The van der Waals surface area contributed by atoms with Gasteiger partial charge in [0.15, 0.2) is 14.6 Å². The van der Waals surface area contributed by atoms with Crippen molar-refractivity contribution in [3.63, 3.8) is 0 Å². The maximum atomic E-state index is 12.4. The molecule has 3 rings (SSSR count).